The van der Waals surface area contributed by atoms with Crippen molar-refractivity contribution in [2.45, 2.75) is 12.6 Å². The topological polar surface area (TPSA) is 58.7 Å². The molecule has 1 atom stereocenters. The van der Waals surface area contributed by atoms with Crippen LogP contribution in [0, 0.1) is 5.82 Å². The molecule has 1 N–H and O–H groups in total. The molecule has 3 rings (SSSR count). The lowest BCUT2D eigenvalue weighted by Gasteiger charge is -2.33. The van der Waals surface area contributed by atoms with E-state index < -0.39 is 0 Å². The van der Waals surface area contributed by atoms with Crippen molar-refractivity contribution in [2.24, 2.45) is 0 Å². The van der Waals surface area contributed by atoms with Crippen LogP contribution in [0.4, 0.5) is 4.39 Å². The van der Waals surface area contributed by atoms with E-state index in [-0.39, 0.29) is 18.5 Å². The zero-order chi connectivity index (χ0) is 14.7. The van der Waals surface area contributed by atoms with Crippen molar-refractivity contribution >= 4 is 0 Å². The van der Waals surface area contributed by atoms with Crippen molar-refractivity contribution in [3.05, 3.63) is 42.0 Å². The summed E-state index contributed by atoms with van der Waals surface area (Å²) in [7, 11) is 0. The predicted molar refractivity (Wildman–Crippen MR) is 74.0 cm³/mol. The number of aromatic nitrogens is 1. The molecule has 0 saturated carbocycles. The van der Waals surface area contributed by atoms with Crippen LogP contribution in [-0.4, -0.2) is 47.4 Å². The van der Waals surface area contributed by atoms with Gasteiger partial charge >= 0.3 is 0 Å². The van der Waals surface area contributed by atoms with Crippen molar-refractivity contribution < 1.29 is 18.7 Å². The maximum absolute atomic E-state index is 13.2. The molecule has 5 nitrogen and oxygen atoms in total. The molecule has 112 valence electrons. The van der Waals surface area contributed by atoms with E-state index in [0.717, 1.165) is 12.2 Å². The Kier molecular flexibility index (Phi) is 4.28. The number of hydrogen-bond acceptors (Lipinski definition) is 5. The summed E-state index contributed by atoms with van der Waals surface area (Å²) in [4.78, 5) is 6.49. The monoisotopic (exact) mass is 292 g/mol. The van der Waals surface area contributed by atoms with Crippen LogP contribution in [0.15, 0.2) is 34.9 Å². The Hall–Kier alpha value is -1.76. The van der Waals surface area contributed by atoms with Gasteiger partial charge in [0.25, 0.3) is 0 Å². The average Bonchev–Trinajstić information content (AvgIpc) is 2.96. The first-order chi connectivity index (χ1) is 10.3. The highest BCUT2D eigenvalue weighted by Crippen LogP contribution is 2.20. The minimum Gasteiger partial charge on any atom is -0.444 e. The molecule has 1 unspecified atom stereocenters. The SMILES string of the molecule is OCC1COCCN1Cc1coc(-c2cccc(F)c2)n1. The molecule has 1 aromatic carbocycles. The minimum atomic E-state index is -0.319. The zero-order valence-electron chi connectivity index (χ0n) is 11.5. The molecule has 2 heterocycles. The van der Waals surface area contributed by atoms with Crippen molar-refractivity contribution in [1.29, 1.82) is 0 Å². The molecule has 6 heteroatoms. The first kappa shape index (κ1) is 14.2. The lowest BCUT2D eigenvalue weighted by atomic mass is 10.2. The summed E-state index contributed by atoms with van der Waals surface area (Å²) < 4.78 is 24.0. The third-order valence-electron chi connectivity index (χ3n) is 3.55. The maximum atomic E-state index is 13.2. The summed E-state index contributed by atoms with van der Waals surface area (Å²) in [5.74, 6) is 0.0825. The summed E-state index contributed by atoms with van der Waals surface area (Å²) in [6.07, 6.45) is 1.57. The van der Waals surface area contributed by atoms with Crippen LogP contribution in [0.25, 0.3) is 11.5 Å². The fraction of sp³-hybridized carbons (Fsp3) is 0.400. The molecule has 0 bridgehead atoms. The van der Waals surface area contributed by atoms with Crippen LogP contribution in [0.3, 0.4) is 0 Å². The Labute approximate surface area is 122 Å². The molecule has 0 amide bonds. The van der Waals surface area contributed by atoms with E-state index in [1.807, 2.05) is 0 Å². The van der Waals surface area contributed by atoms with Gasteiger partial charge in [-0.1, -0.05) is 6.07 Å². The number of benzene rings is 1. The van der Waals surface area contributed by atoms with Crippen molar-refractivity contribution in [1.82, 2.24) is 9.88 Å². The Bertz CT molecular complexity index is 602. The molecule has 2 aromatic rings. The molecular weight excluding hydrogens is 275 g/mol. The second kappa shape index (κ2) is 6.34. The van der Waals surface area contributed by atoms with Crippen molar-refractivity contribution in [3.8, 4) is 11.5 Å². The Morgan fingerprint density at radius 3 is 3.14 bits per heavy atom. The van der Waals surface area contributed by atoms with Crippen LogP contribution in [-0.2, 0) is 11.3 Å². The quantitative estimate of drug-likeness (QED) is 0.929. The normalized spacial score (nSPS) is 19.8. The van der Waals surface area contributed by atoms with Crippen molar-refractivity contribution in [2.75, 3.05) is 26.4 Å². The van der Waals surface area contributed by atoms with E-state index in [1.54, 1.807) is 18.4 Å². The largest absolute Gasteiger partial charge is 0.444 e. The predicted octanol–water partition coefficient (Wildman–Crippen LogP) is 1.67. The highest BCUT2D eigenvalue weighted by atomic mass is 19.1. The smallest absolute Gasteiger partial charge is 0.226 e. The Balaban J connectivity index is 1.73. The third kappa shape index (κ3) is 3.29. The molecule has 1 saturated heterocycles. The second-order valence-corrected chi connectivity index (χ2v) is 5.04. The first-order valence-corrected chi connectivity index (χ1v) is 6.89. The molecule has 0 aliphatic carbocycles. The van der Waals surface area contributed by atoms with Gasteiger partial charge in [0, 0.05) is 18.7 Å². The van der Waals surface area contributed by atoms with Gasteiger partial charge in [0.15, 0.2) is 0 Å². The van der Waals surface area contributed by atoms with Gasteiger partial charge in [-0.05, 0) is 18.2 Å². The number of aliphatic hydroxyl groups excluding tert-OH is 1. The lowest BCUT2D eigenvalue weighted by molar-refractivity contribution is -0.0317. The first-order valence-electron chi connectivity index (χ1n) is 6.89. The molecular formula is C15H17FN2O3. The van der Waals surface area contributed by atoms with Crippen LogP contribution >= 0.6 is 0 Å². The number of morpholine rings is 1. The molecule has 1 aliphatic heterocycles. The average molecular weight is 292 g/mol. The van der Waals surface area contributed by atoms with Crippen LogP contribution in [0.5, 0.6) is 0 Å². The third-order valence-corrected chi connectivity index (χ3v) is 3.55. The van der Waals surface area contributed by atoms with Crippen LogP contribution < -0.4 is 0 Å². The number of hydrogen-bond donors (Lipinski definition) is 1. The van der Waals surface area contributed by atoms with Gasteiger partial charge in [-0.15, -0.1) is 0 Å². The van der Waals surface area contributed by atoms with E-state index in [9.17, 15) is 9.50 Å². The lowest BCUT2D eigenvalue weighted by Crippen LogP contribution is -2.46. The maximum Gasteiger partial charge on any atom is 0.226 e. The van der Waals surface area contributed by atoms with Gasteiger partial charge in [0.1, 0.15) is 12.1 Å². The molecule has 21 heavy (non-hydrogen) atoms. The van der Waals surface area contributed by atoms with Gasteiger partial charge in [-0.3, -0.25) is 4.90 Å². The highest BCUT2D eigenvalue weighted by molar-refractivity contribution is 5.52. The molecule has 1 fully saturated rings. The van der Waals surface area contributed by atoms with E-state index in [4.69, 9.17) is 9.15 Å². The fourth-order valence-corrected chi connectivity index (χ4v) is 2.41. The summed E-state index contributed by atoms with van der Waals surface area (Å²) >= 11 is 0. The van der Waals surface area contributed by atoms with Crippen LogP contribution in [0.2, 0.25) is 0 Å². The number of ether oxygens (including phenoxy) is 1. The van der Waals surface area contributed by atoms with Crippen molar-refractivity contribution in [3.63, 3.8) is 0 Å². The van der Waals surface area contributed by atoms with Gasteiger partial charge in [0.2, 0.25) is 5.89 Å². The Morgan fingerprint density at radius 2 is 2.33 bits per heavy atom. The molecule has 0 spiro atoms. The van der Waals surface area contributed by atoms with Gasteiger partial charge < -0.3 is 14.3 Å². The fourth-order valence-electron chi connectivity index (χ4n) is 2.41. The summed E-state index contributed by atoms with van der Waals surface area (Å²) in [6, 6.07) is 6.13. The number of nitrogens with zero attached hydrogens (tertiary/aromatic N) is 2. The van der Waals surface area contributed by atoms with Gasteiger partial charge in [0.05, 0.1) is 31.6 Å². The van der Waals surface area contributed by atoms with Crippen LogP contribution in [0.1, 0.15) is 5.69 Å². The number of oxazole rings is 1. The van der Waals surface area contributed by atoms with Gasteiger partial charge in [-0.25, -0.2) is 9.37 Å². The standard InChI is InChI=1S/C15H17FN2O3/c16-12-3-1-2-11(6-12)15-17-13(9-21-15)7-18-4-5-20-10-14(18)8-19/h1-3,6,9,14,19H,4-5,7-8,10H2. The van der Waals surface area contributed by atoms with E-state index in [0.29, 0.717) is 31.2 Å². The minimum absolute atomic E-state index is 0.0203. The van der Waals surface area contributed by atoms with E-state index in [1.165, 1.54) is 12.1 Å². The number of aliphatic hydroxyl groups is 1. The highest BCUT2D eigenvalue weighted by Gasteiger charge is 2.23. The summed E-state index contributed by atoms with van der Waals surface area (Å²) in [6.45, 7) is 2.53. The number of rotatable bonds is 4. The molecule has 0 radical (unpaired) electrons. The zero-order valence-corrected chi connectivity index (χ0v) is 11.5. The summed E-state index contributed by atoms with van der Waals surface area (Å²) in [5, 5.41) is 9.35. The molecule has 1 aliphatic rings. The van der Waals surface area contributed by atoms with Gasteiger partial charge in [-0.2, -0.15) is 0 Å². The molecule has 1 aromatic heterocycles. The number of halogens is 1. The second-order valence-electron chi connectivity index (χ2n) is 5.04. The van der Waals surface area contributed by atoms with E-state index in [2.05, 4.69) is 9.88 Å². The Morgan fingerprint density at radius 1 is 1.43 bits per heavy atom. The summed E-state index contributed by atoms with van der Waals surface area (Å²) in [5.41, 5.74) is 1.37. The van der Waals surface area contributed by atoms with E-state index >= 15 is 0 Å².